The largest absolute Gasteiger partial charge is 0.335 e. The van der Waals surface area contributed by atoms with E-state index in [2.05, 4.69) is 5.32 Å². The smallest absolute Gasteiger partial charge is 0.246 e. The van der Waals surface area contributed by atoms with E-state index in [4.69, 9.17) is 0 Å². The van der Waals surface area contributed by atoms with E-state index in [0.717, 1.165) is 26.1 Å². The minimum Gasteiger partial charge on any atom is -0.335 e. The molecule has 80 valence electrons. The molecule has 1 heterocycles. The minimum absolute atomic E-state index is 0.142. The molecule has 3 heteroatoms. The number of piperidine rings is 1. The summed E-state index contributed by atoms with van der Waals surface area (Å²) in [6.07, 6.45) is 5.76. The van der Waals surface area contributed by atoms with E-state index in [1.165, 1.54) is 6.42 Å². The summed E-state index contributed by atoms with van der Waals surface area (Å²) in [5.41, 5.74) is 0. The van der Waals surface area contributed by atoms with Gasteiger partial charge in [-0.2, -0.15) is 0 Å². The van der Waals surface area contributed by atoms with Crippen molar-refractivity contribution in [3.05, 3.63) is 12.2 Å². The monoisotopic (exact) mass is 196 g/mol. The lowest BCUT2D eigenvalue weighted by Crippen LogP contribution is -2.48. The van der Waals surface area contributed by atoms with Gasteiger partial charge in [0.1, 0.15) is 0 Å². The van der Waals surface area contributed by atoms with Gasteiger partial charge in [0, 0.05) is 19.1 Å². The van der Waals surface area contributed by atoms with Crippen molar-refractivity contribution in [3.63, 3.8) is 0 Å². The van der Waals surface area contributed by atoms with E-state index in [-0.39, 0.29) is 5.91 Å². The fourth-order valence-corrected chi connectivity index (χ4v) is 1.93. The molecule has 0 radical (unpaired) electrons. The lowest BCUT2D eigenvalue weighted by molar-refractivity contribution is -0.128. The van der Waals surface area contributed by atoms with Crippen LogP contribution in [0, 0.1) is 0 Å². The summed E-state index contributed by atoms with van der Waals surface area (Å²) in [5.74, 6) is 0.142. The molecule has 1 rings (SSSR count). The molecule has 1 fully saturated rings. The Bertz CT molecular complexity index is 207. The van der Waals surface area contributed by atoms with E-state index in [1.54, 1.807) is 12.2 Å². The highest BCUT2D eigenvalue weighted by Gasteiger charge is 2.21. The van der Waals surface area contributed by atoms with Crippen LogP contribution in [0.5, 0.6) is 0 Å². The topological polar surface area (TPSA) is 32.3 Å². The van der Waals surface area contributed by atoms with Crippen molar-refractivity contribution < 1.29 is 4.79 Å². The number of carbonyl (C=O) groups excluding carboxylic acids is 1. The number of nitrogens with one attached hydrogen (secondary N) is 1. The Morgan fingerprint density at radius 3 is 2.93 bits per heavy atom. The summed E-state index contributed by atoms with van der Waals surface area (Å²) >= 11 is 0. The highest BCUT2D eigenvalue weighted by molar-refractivity contribution is 5.87. The quantitative estimate of drug-likeness (QED) is 0.687. The molecular formula is C11H20N2O. The Morgan fingerprint density at radius 2 is 2.43 bits per heavy atom. The summed E-state index contributed by atoms with van der Waals surface area (Å²) in [4.78, 5) is 13.6. The Labute approximate surface area is 86.2 Å². The molecule has 1 atom stereocenters. The number of likely N-dealkylation sites (N-methyl/N-ethyl adjacent to an activating group) is 1. The standard InChI is InChI=1S/C11H20N2O/c1-3-6-11(14)13(4-2)10-7-5-8-12-9-10/h3,6,10,12H,4-5,7-9H2,1-2H3. The van der Waals surface area contributed by atoms with Gasteiger partial charge in [-0.1, -0.05) is 6.08 Å². The lowest BCUT2D eigenvalue weighted by Gasteiger charge is -2.33. The summed E-state index contributed by atoms with van der Waals surface area (Å²) in [5, 5.41) is 3.33. The molecule has 1 aliphatic rings. The molecular weight excluding hydrogens is 176 g/mol. The molecule has 0 saturated carbocycles. The molecule has 1 aliphatic heterocycles. The van der Waals surface area contributed by atoms with Crippen LogP contribution in [0.25, 0.3) is 0 Å². The van der Waals surface area contributed by atoms with Gasteiger partial charge in [0.15, 0.2) is 0 Å². The van der Waals surface area contributed by atoms with Crippen molar-refractivity contribution in [2.75, 3.05) is 19.6 Å². The second-order valence-corrected chi connectivity index (χ2v) is 3.62. The second kappa shape index (κ2) is 5.81. The maximum absolute atomic E-state index is 11.7. The van der Waals surface area contributed by atoms with Crippen LogP contribution in [-0.2, 0) is 4.79 Å². The summed E-state index contributed by atoms with van der Waals surface area (Å²) < 4.78 is 0. The predicted molar refractivity (Wildman–Crippen MR) is 58.1 cm³/mol. The average Bonchev–Trinajstić information content (AvgIpc) is 2.21. The number of carbonyl (C=O) groups is 1. The van der Waals surface area contributed by atoms with Gasteiger partial charge in [0.05, 0.1) is 0 Å². The zero-order valence-electron chi connectivity index (χ0n) is 9.12. The van der Waals surface area contributed by atoms with Gasteiger partial charge < -0.3 is 10.2 Å². The molecule has 14 heavy (non-hydrogen) atoms. The zero-order valence-corrected chi connectivity index (χ0v) is 9.12. The van der Waals surface area contributed by atoms with E-state index in [9.17, 15) is 4.79 Å². The third kappa shape index (κ3) is 2.84. The molecule has 1 unspecified atom stereocenters. The SMILES string of the molecule is CC=CC(=O)N(CC)C1CCCNC1. The summed E-state index contributed by atoms with van der Waals surface area (Å²) in [6.45, 7) is 6.75. The van der Waals surface area contributed by atoms with Gasteiger partial charge in [0.2, 0.25) is 5.91 Å². The molecule has 0 spiro atoms. The van der Waals surface area contributed by atoms with Gasteiger partial charge in [-0.05, 0) is 39.3 Å². The number of amides is 1. The molecule has 1 saturated heterocycles. The first-order chi connectivity index (χ1) is 6.79. The maximum atomic E-state index is 11.7. The van der Waals surface area contributed by atoms with E-state index >= 15 is 0 Å². The Kier molecular flexibility index (Phi) is 4.66. The fourth-order valence-electron chi connectivity index (χ4n) is 1.93. The number of allylic oxidation sites excluding steroid dienone is 1. The van der Waals surface area contributed by atoms with Crippen LogP contribution >= 0.6 is 0 Å². The Morgan fingerprint density at radius 1 is 1.64 bits per heavy atom. The van der Waals surface area contributed by atoms with Gasteiger partial charge in [-0.3, -0.25) is 4.79 Å². The fraction of sp³-hybridized carbons (Fsp3) is 0.727. The number of hydrogen-bond donors (Lipinski definition) is 1. The highest BCUT2D eigenvalue weighted by atomic mass is 16.2. The normalized spacial score (nSPS) is 22.6. The molecule has 1 amide bonds. The van der Waals surface area contributed by atoms with E-state index in [0.29, 0.717) is 6.04 Å². The first kappa shape index (κ1) is 11.2. The maximum Gasteiger partial charge on any atom is 0.246 e. The second-order valence-electron chi connectivity index (χ2n) is 3.62. The molecule has 1 N–H and O–H groups in total. The zero-order chi connectivity index (χ0) is 10.4. The summed E-state index contributed by atoms with van der Waals surface area (Å²) in [7, 11) is 0. The highest BCUT2D eigenvalue weighted by Crippen LogP contribution is 2.10. The van der Waals surface area contributed by atoms with Gasteiger partial charge in [-0.15, -0.1) is 0 Å². The van der Waals surface area contributed by atoms with E-state index in [1.807, 2.05) is 18.7 Å². The van der Waals surface area contributed by atoms with Crippen LogP contribution < -0.4 is 5.32 Å². The van der Waals surface area contributed by atoms with Crippen molar-refractivity contribution in [2.45, 2.75) is 32.7 Å². The molecule has 0 aromatic rings. The molecule has 0 aromatic carbocycles. The molecule has 0 bridgehead atoms. The van der Waals surface area contributed by atoms with Crippen molar-refractivity contribution in [3.8, 4) is 0 Å². The van der Waals surface area contributed by atoms with Crippen molar-refractivity contribution in [1.82, 2.24) is 10.2 Å². The molecule has 0 aromatic heterocycles. The van der Waals surface area contributed by atoms with Gasteiger partial charge in [0.25, 0.3) is 0 Å². The molecule has 0 aliphatic carbocycles. The first-order valence-corrected chi connectivity index (χ1v) is 5.43. The number of hydrogen-bond acceptors (Lipinski definition) is 2. The molecule has 3 nitrogen and oxygen atoms in total. The van der Waals surface area contributed by atoms with Crippen LogP contribution in [0.1, 0.15) is 26.7 Å². The Balaban J connectivity index is 2.55. The van der Waals surface area contributed by atoms with E-state index < -0.39 is 0 Å². The third-order valence-corrected chi connectivity index (χ3v) is 2.64. The van der Waals surface area contributed by atoms with Crippen LogP contribution in [-0.4, -0.2) is 36.5 Å². The van der Waals surface area contributed by atoms with Crippen LogP contribution in [0.3, 0.4) is 0 Å². The number of nitrogens with zero attached hydrogens (tertiary/aromatic N) is 1. The lowest BCUT2D eigenvalue weighted by atomic mass is 10.1. The third-order valence-electron chi connectivity index (χ3n) is 2.64. The van der Waals surface area contributed by atoms with Crippen molar-refractivity contribution in [2.24, 2.45) is 0 Å². The average molecular weight is 196 g/mol. The van der Waals surface area contributed by atoms with Gasteiger partial charge >= 0.3 is 0 Å². The first-order valence-electron chi connectivity index (χ1n) is 5.43. The van der Waals surface area contributed by atoms with Crippen molar-refractivity contribution in [1.29, 1.82) is 0 Å². The number of rotatable bonds is 3. The van der Waals surface area contributed by atoms with Crippen LogP contribution in [0.15, 0.2) is 12.2 Å². The van der Waals surface area contributed by atoms with Gasteiger partial charge in [-0.25, -0.2) is 0 Å². The van der Waals surface area contributed by atoms with Crippen molar-refractivity contribution >= 4 is 5.91 Å². The van der Waals surface area contributed by atoms with Crippen LogP contribution in [0.2, 0.25) is 0 Å². The minimum atomic E-state index is 0.142. The summed E-state index contributed by atoms with van der Waals surface area (Å²) in [6, 6.07) is 0.387. The van der Waals surface area contributed by atoms with Crippen LogP contribution in [0.4, 0.5) is 0 Å². The Hall–Kier alpha value is -0.830. The predicted octanol–water partition coefficient (Wildman–Crippen LogP) is 1.16.